The SMILES string of the molecule is NCCCc1nc(N)nc(Nc2cccc(S(=O)(=O)O)c2)n1. The van der Waals surface area contributed by atoms with Gasteiger partial charge in [0, 0.05) is 12.1 Å². The fourth-order valence-electron chi connectivity index (χ4n) is 1.73. The lowest BCUT2D eigenvalue weighted by molar-refractivity contribution is 0.483. The van der Waals surface area contributed by atoms with Crippen LogP contribution in [0.2, 0.25) is 0 Å². The maximum absolute atomic E-state index is 11.1. The summed E-state index contributed by atoms with van der Waals surface area (Å²) >= 11 is 0. The number of nitrogens with two attached hydrogens (primary N) is 2. The van der Waals surface area contributed by atoms with E-state index in [2.05, 4.69) is 20.3 Å². The van der Waals surface area contributed by atoms with Crippen molar-refractivity contribution in [1.29, 1.82) is 0 Å². The van der Waals surface area contributed by atoms with E-state index in [0.29, 0.717) is 30.9 Å². The molecule has 0 aliphatic rings. The smallest absolute Gasteiger partial charge is 0.294 e. The molecular formula is C12H16N6O3S. The molecule has 0 amide bonds. The summed E-state index contributed by atoms with van der Waals surface area (Å²) in [6.07, 6.45) is 1.27. The van der Waals surface area contributed by atoms with Gasteiger partial charge < -0.3 is 16.8 Å². The average molecular weight is 324 g/mol. The number of hydrogen-bond acceptors (Lipinski definition) is 8. The number of benzene rings is 1. The first-order valence-corrected chi connectivity index (χ1v) is 7.87. The van der Waals surface area contributed by atoms with Crippen molar-refractivity contribution >= 4 is 27.7 Å². The van der Waals surface area contributed by atoms with Gasteiger partial charge in [0.1, 0.15) is 5.82 Å². The minimum absolute atomic E-state index is 0.0513. The van der Waals surface area contributed by atoms with Crippen LogP contribution in [0.25, 0.3) is 0 Å². The van der Waals surface area contributed by atoms with Crippen molar-refractivity contribution in [3.63, 3.8) is 0 Å². The van der Waals surface area contributed by atoms with Crippen LogP contribution in [0, 0.1) is 0 Å². The Morgan fingerprint density at radius 3 is 2.68 bits per heavy atom. The van der Waals surface area contributed by atoms with Gasteiger partial charge in [-0.25, -0.2) is 0 Å². The molecule has 6 N–H and O–H groups in total. The van der Waals surface area contributed by atoms with E-state index < -0.39 is 10.1 Å². The first-order valence-electron chi connectivity index (χ1n) is 6.43. The molecule has 0 bridgehead atoms. The highest BCUT2D eigenvalue weighted by atomic mass is 32.2. The van der Waals surface area contributed by atoms with Crippen molar-refractivity contribution in [2.45, 2.75) is 17.7 Å². The lowest BCUT2D eigenvalue weighted by Crippen LogP contribution is -2.09. The van der Waals surface area contributed by atoms with Gasteiger partial charge in [0.2, 0.25) is 11.9 Å². The molecule has 2 aromatic rings. The predicted octanol–water partition coefficient (Wildman–Crippen LogP) is 0.335. The van der Waals surface area contributed by atoms with Gasteiger partial charge in [0.15, 0.2) is 0 Å². The number of aryl methyl sites for hydroxylation is 1. The maximum Gasteiger partial charge on any atom is 0.294 e. The highest BCUT2D eigenvalue weighted by Crippen LogP contribution is 2.18. The molecule has 0 unspecified atom stereocenters. The lowest BCUT2D eigenvalue weighted by atomic mass is 10.3. The quantitative estimate of drug-likeness (QED) is 0.550. The van der Waals surface area contributed by atoms with Crippen molar-refractivity contribution in [1.82, 2.24) is 15.0 Å². The van der Waals surface area contributed by atoms with Crippen LogP contribution in [0.5, 0.6) is 0 Å². The van der Waals surface area contributed by atoms with Crippen LogP contribution in [-0.2, 0) is 16.5 Å². The van der Waals surface area contributed by atoms with Crippen LogP contribution >= 0.6 is 0 Å². The fraction of sp³-hybridized carbons (Fsp3) is 0.250. The molecule has 1 heterocycles. The molecule has 1 aromatic heterocycles. The van der Waals surface area contributed by atoms with E-state index in [9.17, 15) is 8.42 Å². The van der Waals surface area contributed by atoms with Crippen molar-refractivity contribution < 1.29 is 13.0 Å². The third-order valence-electron chi connectivity index (χ3n) is 2.69. The van der Waals surface area contributed by atoms with Crippen LogP contribution in [0.4, 0.5) is 17.6 Å². The average Bonchev–Trinajstić information content (AvgIpc) is 2.44. The van der Waals surface area contributed by atoms with Crippen LogP contribution in [-0.4, -0.2) is 34.5 Å². The monoisotopic (exact) mass is 324 g/mol. The molecule has 9 nitrogen and oxygen atoms in total. The molecule has 2 rings (SSSR count). The molecule has 0 saturated carbocycles. The highest BCUT2D eigenvalue weighted by molar-refractivity contribution is 7.85. The van der Waals surface area contributed by atoms with Gasteiger partial charge >= 0.3 is 0 Å². The molecule has 0 fully saturated rings. The Morgan fingerprint density at radius 1 is 1.23 bits per heavy atom. The van der Waals surface area contributed by atoms with Gasteiger partial charge in [-0.2, -0.15) is 23.4 Å². The number of hydrogen-bond donors (Lipinski definition) is 4. The summed E-state index contributed by atoms with van der Waals surface area (Å²) in [5.74, 6) is 0.730. The number of nitrogens with zero attached hydrogens (tertiary/aromatic N) is 3. The summed E-state index contributed by atoms with van der Waals surface area (Å²) < 4.78 is 31.3. The summed E-state index contributed by atoms with van der Waals surface area (Å²) in [5, 5.41) is 2.83. The third kappa shape index (κ3) is 4.35. The second-order valence-electron chi connectivity index (χ2n) is 4.45. The second kappa shape index (κ2) is 6.64. The first kappa shape index (κ1) is 16.1. The molecular weight excluding hydrogens is 308 g/mol. The van der Waals surface area contributed by atoms with Crippen LogP contribution < -0.4 is 16.8 Å². The van der Waals surface area contributed by atoms with E-state index in [-0.39, 0.29) is 16.8 Å². The molecule has 0 radical (unpaired) electrons. The summed E-state index contributed by atoms with van der Waals surface area (Å²) in [4.78, 5) is 11.9. The second-order valence-corrected chi connectivity index (χ2v) is 5.88. The molecule has 0 atom stereocenters. The largest absolute Gasteiger partial charge is 0.368 e. The topological polar surface area (TPSA) is 157 Å². The summed E-state index contributed by atoms with van der Waals surface area (Å²) in [7, 11) is -4.28. The number of nitrogens with one attached hydrogen (secondary N) is 1. The van der Waals surface area contributed by atoms with Crippen molar-refractivity contribution in [3.05, 3.63) is 30.1 Å². The highest BCUT2D eigenvalue weighted by Gasteiger charge is 2.11. The van der Waals surface area contributed by atoms with Crippen molar-refractivity contribution in [2.75, 3.05) is 17.6 Å². The zero-order chi connectivity index (χ0) is 16.2. The molecule has 0 aliphatic heterocycles. The molecule has 0 spiro atoms. The molecule has 22 heavy (non-hydrogen) atoms. The molecule has 0 aliphatic carbocycles. The molecule has 10 heteroatoms. The Balaban J connectivity index is 2.25. The van der Waals surface area contributed by atoms with Crippen molar-refractivity contribution in [2.24, 2.45) is 5.73 Å². The Labute approximate surface area is 127 Å². The van der Waals surface area contributed by atoms with Gasteiger partial charge in [0.05, 0.1) is 4.90 Å². The number of aromatic nitrogens is 3. The first-order chi connectivity index (χ1) is 10.4. The van der Waals surface area contributed by atoms with E-state index in [4.69, 9.17) is 16.0 Å². The van der Waals surface area contributed by atoms with Gasteiger partial charge in [0.25, 0.3) is 10.1 Å². The lowest BCUT2D eigenvalue weighted by Gasteiger charge is -2.08. The number of rotatable bonds is 6. The Kier molecular flexibility index (Phi) is 4.85. The van der Waals surface area contributed by atoms with Crippen LogP contribution in [0.1, 0.15) is 12.2 Å². The van der Waals surface area contributed by atoms with Gasteiger partial charge in [-0.3, -0.25) is 4.55 Å². The van der Waals surface area contributed by atoms with E-state index in [1.807, 2.05) is 0 Å². The van der Waals surface area contributed by atoms with Crippen LogP contribution in [0.15, 0.2) is 29.2 Å². The number of anilines is 3. The predicted molar refractivity (Wildman–Crippen MR) is 81.2 cm³/mol. The minimum atomic E-state index is -4.28. The van der Waals surface area contributed by atoms with E-state index >= 15 is 0 Å². The summed E-state index contributed by atoms with van der Waals surface area (Å²) in [5.41, 5.74) is 11.4. The Morgan fingerprint density at radius 2 is 2.00 bits per heavy atom. The zero-order valence-corrected chi connectivity index (χ0v) is 12.4. The van der Waals surface area contributed by atoms with E-state index in [0.717, 1.165) is 0 Å². The van der Waals surface area contributed by atoms with Gasteiger partial charge in [-0.1, -0.05) is 6.07 Å². The number of nitrogen functional groups attached to an aromatic ring is 1. The Hall–Kier alpha value is -2.30. The zero-order valence-electron chi connectivity index (χ0n) is 11.6. The van der Waals surface area contributed by atoms with E-state index in [1.54, 1.807) is 6.07 Å². The normalized spacial score (nSPS) is 11.4. The summed E-state index contributed by atoms with van der Waals surface area (Å²) in [6, 6.07) is 5.61. The van der Waals surface area contributed by atoms with Gasteiger partial charge in [-0.15, -0.1) is 0 Å². The van der Waals surface area contributed by atoms with Crippen LogP contribution in [0.3, 0.4) is 0 Å². The van der Waals surface area contributed by atoms with E-state index in [1.165, 1.54) is 18.2 Å². The van der Waals surface area contributed by atoms with Crippen molar-refractivity contribution in [3.8, 4) is 0 Å². The third-order valence-corrected chi connectivity index (χ3v) is 3.54. The Bertz CT molecular complexity index is 765. The molecule has 1 aromatic carbocycles. The maximum atomic E-state index is 11.1. The minimum Gasteiger partial charge on any atom is -0.368 e. The van der Waals surface area contributed by atoms with Gasteiger partial charge in [-0.05, 0) is 31.2 Å². The standard InChI is InChI=1S/C12H16N6O3S/c13-6-2-5-10-16-11(14)18-12(17-10)15-8-3-1-4-9(7-8)22(19,20)21/h1,3-4,7H,2,5-6,13H2,(H,19,20,21)(H3,14,15,16,17,18). The molecule has 118 valence electrons. The molecule has 0 saturated heterocycles. The fourth-order valence-corrected chi connectivity index (χ4v) is 2.26. The summed E-state index contributed by atoms with van der Waals surface area (Å²) in [6.45, 7) is 0.505.